The molecule has 2 aromatic rings. The normalized spacial score (nSPS) is 11.9. The molecule has 0 saturated heterocycles. The summed E-state index contributed by atoms with van der Waals surface area (Å²) in [5, 5.41) is 6.44. The Labute approximate surface area is 125 Å². The molecule has 1 N–H and O–H groups in total. The van der Waals surface area contributed by atoms with Crippen LogP contribution in [-0.4, -0.2) is 15.0 Å². The molecule has 2 aromatic heterocycles. The summed E-state index contributed by atoms with van der Waals surface area (Å²) in [5.41, 5.74) is -0.254. The van der Waals surface area contributed by atoms with Crippen molar-refractivity contribution in [3.63, 3.8) is 0 Å². The van der Waals surface area contributed by atoms with Crippen molar-refractivity contribution in [1.82, 2.24) is 15.0 Å². The minimum atomic E-state index is -0.254. The van der Waals surface area contributed by atoms with Crippen LogP contribution in [0.5, 0.6) is 0 Å². The Morgan fingerprint density at radius 2 is 2.05 bits per heavy atom. The maximum absolute atomic E-state index is 4.55. The first-order valence-corrected chi connectivity index (χ1v) is 7.78. The Kier molecular flexibility index (Phi) is 4.20. The van der Waals surface area contributed by atoms with Gasteiger partial charge in [-0.3, -0.25) is 0 Å². The van der Waals surface area contributed by atoms with Crippen LogP contribution in [0, 0.1) is 0 Å². The van der Waals surface area contributed by atoms with Gasteiger partial charge in [-0.05, 0) is 29.8 Å². The second-order valence-corrected chi connectivity index (χ2v) is 6.88. The van der Waals surface area contributed by atoms with Crippen molar-refractivity contribution < 1.29 is 0 Å². The van der Waals surface area contributed by atoms with E-state index in [4.69, 9.17) is 0 Å². The number of rotatable bonds is 4. The molecule has 0 unspecified atom stereocenters. The molecule has 0 amide bonds. The number of hydrogen-bond donors (Lipinski definition) is 1. The minimum Gasteiger partial charge on any atom is -0.359 e. The Morgan fingerprint density at radius 1 is 1.32 bits per heavy atom. The Hall–Kier alpha value is -1.01. The summed E-state index contributed by atoms with van der Waals surface area (Å²) in [6.07, 6.45) is 1.82. The topological polar surface area (TPSA) is 50.7 Å². The molecule has 102 valence electrons. The lowest BCUT2D eigenvalue weighted by atomic mass is 10.1. The number of halogens is 1. The zero-order valence-corrected chi connectivity index (χ0v) is 13.8. The second kappa shape index (κ2) is 5.54. The van der Waals surface area contributed by atoms with Crippen molar-refractivity contribution in [1.29, 1.82) is 0 Å². The summed E-state index contributed by atoms with van der Waals surface area (Å²) < 4.78 is 0.795. The van der Waals surface area contributed by atoms with Crippen LogP contribution in [0.25, 0.3) is 0 Å². The van der Waals surface area contributed by atoms with E-state index in [1.165, 1.54) is 0 Å². The highest BCUT2D eigenvalue weighted by molar-refractivity contribution is 9.10. The van der Waals surface area contributed by atoms with Crippen LogP contribution < -0.4 is 5.32 Å². The van der Waals surface area contributed by atoms with E-state index in [2.05, 4.69) is 63.9 Å². The average Bonchev–Trinajstić information content (AvgIpc) is 2.81. The van der Waals surface area contributed by atoms with Gasteiger partial charge in [-0.15, -0.1) is 11.3 Å². The molecule has 0 radical (unpaired) electrons. The lowest BCUT2D eigenvalue weighted by Gasteiger charge is -2.25. The molecule has 4 nitrogen and oxygen atoms in total. The number of nitrogens with one attached hydrogen (secondary N) is 1. The van der Waals surface area contributed by atoms with Crippen molar-refractivity contribution >= 4 is 33.1 Å². The fraction of sp³-hybridized carbons (Fsp3) is 0.462. The molecule has 0 aliphatic heterocycles. The molecule has 0 atom stereocenters. The molecule has 0 fully saturated rings. The van der Waals surface area contributed by atoms with Crippen molar-refractivity contribution in [2.24, 2.45) is 0 Å². The van der Waals surface area contributed by atoms with Gasteiger partial charge in [0.15, 0.2) is 0 Å². The number of anilines is 1. The molecule has 0 aliphatic rings. The molecule has 0 spiro atoms. The molecule has 2 rings (SSSR count). The maximum atomic E-state index is 4.55. The average molecular weight is 341 g/mol. The van der Waals surface area contributed by atoms with E-state index in [1.807, 2.05) is 17.6 Å². The Morgan fingerprint density at radius 3 is 2.63 bits per heavy atom. The lowest BCUT2D eigenvalue weighted by molar-refractivity contribution is 0.598. The standard InChI is InChI=1S/C13H17BrN4S/c1-8(2)11-16-9(14)7-10(17-11)18-13(3,4)12-15-5-6-19-12/h5-8H,1-4H3,(H,16,17,18). The van der Waals surface area contributed by atoms with Crippen LogP contribution in [0.2, 0.25) is 0 Å². The zero-order valence-electron chi connectivity index (χ0n) is 11.4. The smallest absolute Gasteiger partial charge is 0.134 e. The van der Waals surface area contributed by atoms with Gasteiger partial charge in [0.05, 0.1) is 5.54 Å². The van der Waals surface area contributed by atoms with Crippen molar-refractivity contribution in [2.45, 2.75) is 39.2 Å². The molecule has 0 aliphatic carbocycles. The van der Waals surface area contributed by atoms with Crippen LogP contribution in [0.4, 0.5) is 5.82 Å². The summed E-state index contributed by atoms with van der Waals surface area (Å²) in [5.74, 6) is 1.93. The summed E-state index contributed by atoms with van der Waals surface area (Å²) in [4.78, 5) is 13.3. The van der Waals surface area contributed by atoms with Crippen molar-refractivity contribution in [3.05, 3.63) is 33.1 Å². The monoisotopic (exact) mass is 340 g/mol. The van der Waals surface area contributed by atoms with Gasteiger partial charge < -0.3 is 5.32 Å². The summed E-state index contributed by atoms with van der Waals surface area (Å²) in [7, 11) is 0. The highest BCUT2D eigenvalue weighted by Gasteiger charge is 2.24. The Balaban J connectivity index is 2.28. The number of thiazole rings is 1. The van der Waals surface area contributed by atoms with Crippen LogP contribution in [-0.2, 0) is 5.54 Å². The van der Waals surface area contributed by atoms with E-state index >= 15 is 0 Å². The Bertz CT molecular complexity index is 552. The molecular weight excluding hydrogens is 324 g/mol. The number of aromatic nitrogens is 3. The highest BCUT2D eigenvalue weighted by Crippen LogP contribution is 2.27. The van der Waals surface area contributed by atoms with E-state index in [1.54, 1.807) is 11.3 Å². The van der Waals surface area contributed by atoms with E-state index in [0.29, 0.717) is 5.92 Å². The van der Waals surface area contributed by atoms with E-state index in [-0.39, 0.29) is 5.54 Å². The summed E-state index contributed by atoms with van der Waals surface area (Å²) >= 11 is 5.07. The van der Waals surface area contributed by atoms with E-state index < -0.39 is 0 Å². The molecule has 19 heavy (non-hydrogen) atoms. The van der Waals surface area contributed by atoms with Gasteiger partial charge in [0.1, 0.15) is 21.3 Å². The van der Waals surface area contributed by atoms with Crippen LogP contribution in [0.3, 0.4) is 0 Å². The van der Waals surface area contributed by atoms with Gasteiger partial charge in [0.2, 0.25) is 0 Å². The number of nitrogens with zero attached hydrogens (tertiary/aromatic N) is 3. The summed E-state index contributed by atoms with van der Waals surface area (Å²) in [6.45, 7) is 8.35. The molecular formula is C13H17BrN4S. The van der Waals surface area contributed by atoms with Gasteiger partial charge in [-0.2, -0.15) is 0 Å². The third-order valence-electron chi connectivity index (χ3n) is 2.64. The third-order valence-corrected chi connectivity index (χ3v) is 4.14. The summed E-state index contributed by atoms with van der Waals surface area (Å²) in [6, 6.07) is 1.89. The molecule has 0 saturated carbocycles. The van der Waals surface area contributed by atoms with Crippen LogP contribution in [0.1, 0.15) is 44.4 Å². The second-order valence-electron chi connectivity index (χ2n) is 5.18. The van der Waals surface area contributed by atoms with Crippen LogP contribution in [0.15, 0.2) is 22.2 Å². The van der Waals surface area contributed by atoms with Gasteiger partial charge >= 0.3 is 0 Å². The fourth-order valence-electron chi connectivity index (χ4n) is 1.66. The lowest BCUT2D eigenvalue weighted by Crippen LogP contribution is -2.28. The van der Waals surface area contributed by atoms with Gasteiger partial charge in [0.25, 0.3) is 0 Å². The molecule has 0 bridgehead atoms. The maximum Gasteiger partial charge on any atom is 0.134 e. The predicted molar refractivity (Wildman–Crippen MR) is 82.6 cm³/mol. The van der Waals surface area contributed by atoms with Crippen molar-refractivity contribution in [3.8, 4) is 0 Å². The largest absolute Gasteiger partial charge is 0.359 e. The molecule has 2 heterocycles. The SMILES string of the molecule is CC(C)c1nc(Br)cc(NC(C)(C)c2nccs2)n1. The van der Waals surface area contributed by atoms with Gasteiger partial charge in [0, 0.05) is 23.6 Å². The van der Waals surface area contributed by atoms with E-state index in [9.17, 15) is 0 Å². The van der Waals surface area contributed by atoms with Gasteiger partial charge in [-0.25, -0.2) is 15.0 Å². The van der Waals surface area contributed by atoms with Gasteiger partial charge in [-0.1, -0.05) is 13.8 Å². The highest BCUT2D eigenvalue weighted by atomic mass is 79.9. The van der Waals surface area contributed by atoms with Crippen LogP contribution >= 0.6 is 27.3 Å². The molecule has 6 heteroatoms. The first-order chi connectivity index (χ1) is 8.88. The fourth-order valence-corrected chi connectivity index (χ4v) is 2.78. The number of hydrogen-bond acceptors (Lipinski definition) is 5. The molecule has 0 aromatic carbocycles. The third kappa shape index (κ3) is 3.51. The predicted octanol–water partition coefficient (Wildman–Crippen LogP) is 4.17. The first-order valence-electron chi connectivity index (χ1n) is 6.11. The zero-order chi connectivity index (χ0) is 14.0. The first kappa shape index (κ1) is 14.4. The van der Waals surface area contributed by atoms with Crippen molar-refractivity contribution in [2.75, 3.05) is 5.32 Å². The van der Waals surface area contributed by atoms with E-state index in [0.717, 1.165) is 21.3 Å². The minimum absolute atomic E-state index is 0.254. The quantitative estimate of drug-likeness (QED) is 0.848.